The van der Waals surface area contributed by atoms with Gasteiger partial charge in [-0.2, -0.15) is 0 Å². The summed E-state index contributed by atoms with van der Waals surface area (Å²) in [5, 5.41) is 6.70. The van der Waals surface area contributed by atoms with E-state index in [0.29, 0.717) is 23.3 Å². The minimum atomic E-state index is 0.440. The Kier molecular flexibility index (Phi) is 8.41. The molecule has 0 amide bonds. The molecule has 1 aliphatic rings. The van der Waals surface area contributed by atoms with Gasteiger partial charge in [0.15, 0.2) is 17.5 Å². The number of aliphatic imine (C=N–C) groups is 1. The summed E-state index contributed by atoms with van der Waals surface area (Å²) in [4.78, 5) is 7.41. The first kappa shape index (κ1) is 22.7. The van der Waals surface area contributed by atoms with Crippen LogP contribution in [0.1, 0.15) is 25.3 Å². The number of hydrogen-bond donors (Lipinski definition) is 2. The van der Waals surface area contributed by atoms with Gasteiger partial charge in [0.2, 0.25) is 5.75 Å². The number of guanidine groups is 1. The summed E-state index contributed by atoms with van der Waals surface area (Å²) in [6.45, 7) is 5.66. The van der Waals surface area contributed by atoms with Gasteiger partial charge < -0.3 is 24.8 Å². The Hall–Kier alpha value is -2.93. The van der Waals surface area contributed by atoms with Crippen LogP contribution in [-0.2, 0) is 6.54 Å². The van der Waals surface area contributed by atoms with Crippen LogP contribution in [0.3, 0.4) is 0 Å². The predicted molar refractivity (Wildman–Crippen MR) is 126 cm³/mol. The van der Waals surface area contributed by atoms with Crippen molar-refractivity contribution >= 4 is 11.6 Å². The van der Waals surface area contributed by atoms with Crippen LogP contribution in [0.25, 0.3) is 0 Å². The number of nitrogens with zero attached hydrogens (tertiary/aromatic N) is 2. The average molecular weight is 427 g/mol. The molecule has 0 saturated carbocycles. The summed E-state index contributed by atoms with van der Waals surface area (Å²) in [6, 6.07) is 14.8. The molecule has 2 aromatic carbocycles. The smallest absolute Gasteiger partial charge is 0.203 e. The second kappa shape index (κ2) is 11.5. The Labute approximate surface area is 185 Å². The molecule has 0 spiro atoms. The van der Waals surface area contributed by atoms with Crippen molar-refractivity contribution < 1.29 is 14.2 Å². The van der Waals surface area contributed by atoms with Crippen molar-refractivity contribution in [2.75, 3.05) is 46.3 Å². The zero-order chi connectivity index (χ0) is 22.1. The van der Waals surface area contributed by atoms with E-state index in [2.05, 4.69) is 52.8 Å². The van der Waals surface area contributed by atoms with Crippen LogP contribution in [0.15, 0.2) is 47.5 Å². The molecule has 7 heteroatoms. The van der Waals surface area contributed by atoms with E-state index in [1.54, 1.807) is 21.3 Å². The van der Waals surface area contributed by atoms with E-state index >= 15 is 0 Å². The lowest BCUT2D eigenvalue weighted by molar-refractivity contribution is 0.250. The lowest BCUT2D eigenvalue weighted by atomic mass is 10.2. The largest absolute Gasteiger partial charge is 0.493 e. The summed E-state index contributed by atoms with van der Waals surface area (Å²) in [5.74, 6) is 2.51. The van der Waals surface area contributed by atoms with Crippen molar-refractivity contribution in [1.82, 2.24) is 10.2 Å². The highest BCUT2D eigenvalue weighted by atomic mass is 16.5. The molecule has 1 aliphatic heterocycles. The van der Waals surface area contributed by atoms with Gasteiger partial charge in [-0.05, 0) is 31.9 Å². The number of anilines is 1. The van der Waals surface area contributed by atoms with Crippen molar-refractivity contribution in [2.24, 2.45) is 4.99 Å². The van der Waals surface area contributed by atoms with Gasteiger partial charge in [0, 0.05) is 37.0 Å². The first-order valence-corrected chi connectivity index (χ1v) is 10.8. The van der Waals surface area contributed by atoms with E-state index in [0.717, 1.165) is 37.8 Å². The lowest BCUT2D eigenvalue weighted by Crippen LogP contribution is -2.35. The Bertz CT molecular complexity index is 832. The van der Waals surface area contributed by atoms with Gasteiger partial charge in [0.1, 0.15) is 0 Å². The fourth-order valence-corrected chi connectivity index (χ4v) is 3.92. The molecule has 3 rings (SSSR count). The normalized spacial score (nSPS) is 16.8. The Morgan fingerprint density at radius 3 is 2.39 bits per heavy atom. The third kappa shape index (κ3) is 6.04. The van der Waals surface area contributed by atoms with Crippen molar-refractivity contribution in [3.8, 4) is 17.2 Å². The monoisotopic (exact) mass is 426 g/mol. The standard InChI is InChI=1S/C24H34N4O3/c1-5-25-24(27-19-14-21(29-2)23(31-4)22(15-19)30-3)26-16-20-12-9-13-28(20)17-18-10-7-6-8-11-18/h6-8,10-11,14-15,20H,5,9,12-13,16-17H2,1-4H3,(H2,25,26,27). The van der Waals surface area contributed by atoms with Gasteiger partial charge in [-0.15, -0.1) is 0 Å². The van der Waals surface area contributed by atoms with Crippen molar-refractivity contribution in [2.45, 2.75) is 32.4 Å². The second-order valence-corrected chi connectivity index (χ2v) is 7.51. The Morgan fingerprint density at radius 2 is 1.77 bits per heavy atom. The Balaban J connectivity index is 1.71. The average Bonchev–Trinajstić information content (AvgIpc) is 3.24. The van der Waals surface area contributed by atoms with E-state index in [1.165, 1.54) is 18.4 Å². The minimum absolute atomic E-state index is 0.440. The molecule has 0 radical (unpaired) electrons. The summed E-state index contributed by atoms with van der Waals surface area (Å²) >= 11 is 0. The van der Waals surface area contributed by atoms with Crippen LogP contribution < -0.4 is 24.8 Å². The van der Waals surface area contributed by atoms with Crippen LogP contribution in [0, 0.1) is 0 Å². The summed E-state index contributed by atoms with van der Waals surface area (Å²) in [6.07, 6.45) is 2.38. The van der Waals surface area contributed by atoms with E-state index < -0.39 is 0 Å². The quantitative estimate of drug-likeness (QED) is 0.470. The molecule has 2 N–H and O–H groups in total. The topological polar surface area (TPSA) is 67.4 Å². The molecule has 0 bridgehead atoms. The van der Waals surface area contributed by atoms with Crippen molar-refractivity contribution in [3.05, 3.63) is 48.0 Å². The van der Waals surface area contributed by atoms with Crippen LogP contribution in [0.5, 0.6) is 17.2 Å². The highest BCUT2D eigenvalue weighted by Gasteiger charge is 2.24. The van der Waals surface area contributed by atoms with Gasteiger partial charge in [-0.25, -0.2) is 0 Å². The van der Waals surface area contributed by atoms with Crippen LogP contribution >= 0.6 is 0 Å². The first-order valence-electron chi connectivity index (χ1n) is 10.8. The minimum Gasteiger partial charge on any atom is -0.493 e. The molecule has 1 fully saturated rings. The van der Waals surface area contributed by atoms with Crippen molar-refractivity contribution in [3.63, 3.8) is 0 Å². The number of benzene rings is 2. The molecule has 1 unspecified atom stereocenters. The number of nitrogens with one attached hydrogen (secondary N) is 2. The zero-order valence-corrected chi connectivity index (χ0v) is 19.0. The number of methoxy groups -OCH3 is 3. The molecular formula is C24H34N4O3. The van der Waals surface area contributed by atoms with Gasteiger partial charge in [0.05, 0.1) is 27.9 Å². The van der Waals surface area contributed by atoms with Crippen molar-refractivity contribution in [1.29, 1.82) is 0 Å². The molecule has 2 aromatic rings. The third-order valence-electron chi connectivity index (χ3n) is 5.46. The molecule has 31 heavy (non-hydrogen) atoms. The highest BCUT2D eigenvalue weighted by molar-refractivity contribution is 5.94. The molecular weight excluding hydrogens is 392 g/mol. The van der Waals surface area contributed by atoms with E-state index in [4.69, 9.17) is 19.2 Å². The first-order chi connectivity index (χ1) is 15.2. The number of rotatable bonds is 9. The summed E-state index contributed by atoms with van der Waals surface area (Å²) in [5.41, 5.74) is 2.17. The molecule has 7 nitrogen and oxygen atoms in total. The van der Waals surface area contributed by atoms with Crippen LogP contribution in [-0.4, -0.2) is 57.9 Å². The van der Waals surface area contributed by atoms with Crippen LogP contribution in [0.2, 0.25) is 0 Å². The lowest BCUT2D eigenvalue weighted by Gasteiger charge is -2.23. The number of hydrogen-bond acceptors (Lipinski definition) is 5. The molecule has 1 heterocycles. The predicted octanol–water partition coefficient (Wildman–Crippen LogP) is 3.75. The molecule has 1 atom stereocenters. The van der Waals surface area contributed by atoms with E-state index in [1.807, 2.05) is 12.1 Å². The number of ether oxygens (including phenoxy) is 3. The highest BCUT2D eigenvalue weighted by Crippen LogP contribution is 2.39. The van der Waals surface area contributed by atoms with Gasteiger partial charge in [0.25, 0.3) is 0 Å². The fourth-order valence-electron chi connectivity index (χ4n) is 3.92. The molecule has 0 aromatic heterocycles. The fraction of sp³-hybridized carbons (Fsp3) is 0.458. The molecule has 0 aliphatic carbocycles. The van der Waals surface area contributed by atoms with E-state index in [-0.39, 0.29) is 0 Å². The second-order valence-electron chi connectivity index (χ2n) is 7.51. The molecule has 1 saturated heterocycles. The van der Waals surface area contributed by atoms with Gasteiger partial charge in [-0.3, -0.25) is 9.89 Å². The SMILES string of the molecule is CCNC(=NCC1CCCN1Cc1ccccc1)Nc1cc(OC)c(OC)c(OC)c1. The molecule has 168 valence electrons. The maximum absolute atomic E-state index is 5.46. The zero-order valence-electron chi connectivity index (χ0n) is 19.0. The summed E-state index contributed by atoms with van der Waals surface area (Å²) < 4.78 is 16.3. The Morgan fingerprint density at radius 1 is 1.06 bits per heavy atom. The third-order valence-corrected chi connectivity index (χ3v) is 5.46. The van der Waals surface area contributed by atoms with Gasteiger partial charge in [-0.1, -0.05) is 30.3 Å². The summed E-state index contributed by atoms with van der Waals surface area (Å²) in [7, 11) is 4.82. The maximum atomic E-state index is 5.46. The van der Waals surface area contributed by atoms with E-state index in [9.17, 15) is 0 Å². The van der Waals surface area contributed by atoms with Gasteiger partial charge >= 0.3 is 0 Å². The number of likely N-dealkylation sites (tertiary alicyclic amines) is 1. The maximum Gasteiger partial charge on any atom is 0.203 e. The van der Waals surface area contributed by atoms with Crippen LogP contribution in [0.4, 0.5) is 5.69 Å².